The van der Waals surface area contributed by atoms with Gasteiger partial charge in [-0.05, 0) is 37.0 Å². The molecule has 0 bridgehead atoms. The van der Waals surface area contributed by atoms with Gasteiger partial charge in [-0.15, -0.1) is 0 Å². The van der Waals surface area contributed by atoms with Gasteiger partial charge in [-0.3, -0.25) is 4.79 Å². The Labute approximate surface area is 128 Å². The van der Waals surface area contributed by atoms with Gasteiger partial charge in [-0.1, -0.05) is 29.3 Å². The van der Waals surface area contributed by atoms with Crippen molar-refractivity contribution in [3.8, 4) is 0 Å². The fourth-order valence-corrected chi connectivity index (χ4v) is 2.80. The minimum Gasteiger partial charge on any atom is -0.381 e. The highest BCUT2D eigenvalue weighted by Crippen LogP contribution is 2.24. The molecule has 1 fully saturated rings. The van der Waals surface area contributed by atoms with Crippen molar-refractivity contribution < 1.29 is 9.53 Å². The summed E-state index contributed by atoms with van der Waals surface area (Å²) >= 11 is 12.2. The minimum atomic E-state index is -0.817. The first-order valence-corrected chi connectivity index (χ1v) is 7.36. The van der Waals surface area contributed by atoms with Crippen LogP contribution in [0.2, 0.25) is 10.0 Å². The number of nitrogens with two attached hydrogens (primary N) is 1. The van der Waals surface area contributed by atoms with E-state index in [2.05, 4.69) is 5.32 Å². The van der Waals surface area contributed by atoms with E-state index in [9.17, 15) is 4.79 Å². The van der Waals surface area contributed by atoms with Gasteiger partial charge in [0, 0.05) is 29.8 Å². The van der Waals surface area contributed by atoms with Crippen LogP contribution in [0.3, 0.4) is 0 Å². The highest BCUT2D eigenvalue weighted by atomic mass is 35.5. The van der Waals surface area contributed by atoms with Crippen molar-refractivity contribution in [2.75, 3.05) is 19.8 Å². The molecule has 1 aromatic rings. The molecule has 6 heteroatoms. The summed E-state index contributed by atoms with van der Waals surface area (Å²) in [6.45, 7) is 1.52. The summed E-state index contributed by atoms with van der Waals surface area (Å²) in [5.74, 6) is -0.135. The van der Waals surface area contributed by atoms with Crippen molar-refractivity contribution in [1.29, 1.82) is 0 Å². The van der Waals surface area contributed by atoms with Crippen LogP contribution in [-0.4, -0.2) is 31.2 Å². The van der Waals surface area contributed by atoms with Gasteiger partial charge in [0.1, 0.15) is 0 Å². The maximum Gasteiger partial charge on any atom is 0.240 e. The molecule has 3 N–H and O–H groups in total. The third kappa shape index (κ3) is 3.64. The number of hydrogen-bond acceptors (Lipinski definition) is 3. The molecule has 0 aliphatic carbocycles. The molecule has 1 aromatic carbocycles. The van der Waals surface area contributed by atoms with Gasteiger partial charge in [0.05, 0.1) is 5.54 Å². The van der Waals surface area contributed by atoms with Crippen LogP contribution in [0.15, 0.2) is 18.2 Å². The van der Waals surface area contributed by atoms with Crippen LogP contribution < -0.4 is 11.1 Å². The van der Waals surface area contributed by atoms with E-state index in [1.807, 2.05) is 0 Å². The number of benzene rings is 1. The second-order valence-corrected chi connectivity index (χ2v) is 5.79. The summed E-state index contributed by atoms with van der Waals surface area (Å²) in [7, 11) is 0. The van der Waals surface area contributed by atoms with E-state index >= 15 is 0 Å². The van der Waals surface area contributed by atoms with E-state index < -0.39 is 5.54 Å². The summed E-state index contributed by atoms with van der Waals surface area (Å²) in [5.41, 5.74) is 6.12. The topological polar surface area (TPSA) is 64.4 Å². The van der Waals surface area contributed by atoms with Crippen molar-refractivity contribution >= 4 is 29.1 Å². The normalized spacial score (nSPS) is 17.8. The number of rotatable bonds is 4. The van der Waals surface area contributed by atoms with Crippen molar-refractivity contribution in [3.63, 3.8) is 0 Å². The molecule has 0 radical (unpaired) electrons. The zero-order valence-electron chi connectivity index (χ0n) is 11.1. The van der Waals surface area contributed by atoms with Gasteiger partial charge in [-0.2, -0.15) is 0 Å². The molecule has 2 rings (SSSR count). The van der Waals surface area contributed by atoms with E-state index in [1.54, 1.807) is 18.2 Å². The third-order valence-corrected chi connectivity index (χ3v) is 4.27. The van der Waals surface area contributed by atoms with Crippen LogP contribution in [0.5, 0.6) is 0 Å². The summed E-state index contributed by atoms with van der Waals surface area (Å²) in [5, 5.41) is 4.08. The average Bonchev–Trinajstić information content (AvgIpc) is 2.42. The second-order valence-electron chi connectivity index (χ2n) is 4.97. The standard InChI is InChI=1S/C14H18Cl2N2O2/c15-11-2-1-3-12(16)10(11)4-7-18-13(19)14(17)5-8-20-9-6-14/h1-3H,4-9,17H2,(H,18,19). The van der Waals surface area contributed by atoms with Gasteiger partial charge in [0.25, 0.3) is 0 Å². The summed E-state index contributed by atoms with van der Waals surface area (Å²) in [4.78, 5) is 12.1. The number of carbonyl (C=O) groups is 1. The van der Waals surface area contributed by atoms with Crippen molar-refractivity contribution in [2.24, 2.45) is 5.73 Å². The lowest BCUT2D eigenvalue weighted by Crippen LogP contribution is -2.57. The van der Waals surface area contributed by atoms with Crippen LogP contribution in [-0.2, 0) is 16.0 Å². The Morgan fingerprint density at radius 3 is 2.50 bits per heavy atom. The lowest BCUT2D eigenvalue weighted by molar-refractivity contribution is -0.129. The molecule has 0 atom stereocenters. The Kier molecular flexibility index (Phi) is 5.27. The van der Waals surface area contributed by atoms with E-state index in [0.29, 0.717) is 49.1 Å². The van der Waals surface area contributed by atoms with Gasteiger partial charge in [0.2, 0.25) is 5.91 Å². The Morgan fingerprint density at radius 1 is 1.30 bits per heavy atom. The quantitative estimate of drug-likeness (QED) is 0.894. The smallest absolute Gasteiger partial charge is 0.240 e. The molecule has 110 valence electrons. The van der Waals surface area contributed by atoms with Gasteiger partial charge in [-0.25, -0.2) is 0 Å². The van der Waals surface area contributed by atoms with Crippen molar-refractivity contribution in [2.45, 2.75) is 24.8 Å². The average molecular weight is 317 g/mol. The van der Waals surface area contributed by atoms with E-state index in [4.69, 9.17) is 33.7 Å². The Morgan fingerprint density at radius 2 is 1.90 bits per heavy atom. The lowest BCUT2D eigenvalue weighted by atomic mass is 9.90. The predicted molar refractivity (Wildman–Crippen MR) is 80.1 cm³/mol. The van der Waals surface area contributed by atoms with E-state index in [-0.39, 0.29) is 5.91 Å². The molecule has 0 unspecified atom stereocenters. The number of nitrogens with one attached hydrogen (secondary N) is 1. The first-order chi connectivity index (χ1) is 9.53. The second kappa shape index (κ2) is 6.76. The number of amides is 1. The molecule has 0 spiro atoms. The maximum absolute atomic E-state index is 12.1. The molecular weight excluding hydrogens is 299 g/mol. The zero-order chi connectivity index (χ0) is 14.6. The first-order valence-electron chi connectivity index (χ1n) is 6.61. The summed E-state index contributed by atoms with van der Waals surface area (Å²) in [6.07, 6.45) is 1.67. The predicted octanol–water partition coefficient (Wildman–Crippen LogP) is 2.16. The number of hydrogen-bond donors (Lipinski definition) is 2. The van der Waals surface area contributed by atoms with Gasteiger partial charge >= 0.3 is 0 Å². The number of halogens is 2. The number of carbonyl (C=O) groups excluding carboxylic acids is 1. The zero-order valence-corrected chi connectivity index (χ0v) is 12.6. The number of ether oxygens (including phenoxy) is 1. The van der Waals surface area contributed by atoms with Gasteiger partial charge < -0.3 is 15.8 Å². The van der Waals surface area contributed by atoms with E-state index in [1.165, 1.54) is 0 Å². The Hall–Kier alpha value is -0.810. The van der Waals surface area contributed by atoms with Crippen molar-refractivity contribution in [3.05, 3.63) is 33.8 Å². The van der Waals surface area contributed by atoms with Crippen LogP contribution in [0.4, 0.5) is 0 Å². The molecular formula is C14H18Cl2N2O2. The molecule has 1 saturated heterocycles. The fourth-order valence-electron chi connectivity index (χ4n) is 2.21. The summed E-state index contributed by atoms with van der Waals surface area (Å²) < 4.78 is 5.23. The van der Waals surface area contributed by atoms with Crippen LogP contribution in [0, 0.1) is 0 Å². The SMILES string of the molecule is NC1(C(=O)NCCc2c(Cl)cccc2Cl)CCOCC1. The third-order valence-electron chi connectivity index (χ3n) is 3.56. The first kappa shape index (κ1) is 15.6. The molecule has 0 aromatic heterocycles. The van der Waals surface area contributed by atoms with Gasteiger partial charge in [0.15, 0.2) is 0 Å². The Bertz CT molecular complexity index is 468. The van der Waals surface area contributed by atoms with Crippen LogP contribution >= 0.6 is 23.2 Å². The lowest BCUT2D eigenvalue weighted by Gasteiger charge is -2.31. The molecule has 4 nitrogen and oxygen atoms in total. The molecule has 1 heterocycles. The van der Waals surface area contributed by atoms with Crippen LogP contribution in [0.25, 0.3) is 0 Å². The highest BCUT2D eigenvalue weighted by molar-refractivity contribution is 6.35. The largest absolute Gasteiger partial charge is 0.381 e. The maximum atomic E-state index is 12.1. The molecule has 1 aliphatic rings. The fraction of sp³-hybridized carbons (Fsp3) is 0.500. The molecule has 0 saturated carbocycles. The van der Waals surface area contributed by atoms with E-state index in [0.717, 1.165) is 5.56 Å². The molecule has 1 aliphatic heterocycles. The molecule has 20 heavy (non-hydrogen) atoms. The summed E-state index contributed by atoms with van der Waals surface area (Å²) in [6, 6.07) is 5.37. The van der Waals surface area contributed by atoms with Crippen molar-refractivity contribution in [1.82, 2.24) is 5.32 Å². The molecule has 1 amide bonds. The monoisotopic (exact) mass is 316 g/mol. The highest BCUT2D eigenvalue weighted by Gasteiger charge is 2.35. The minimum absolute atomic E-state index is 0.135. The van der Waals surface area contributed by atoms with Crippen LogP contribution in [0.1, 0.15) is 18.4 Å². The Balaban J connectivity index is 1.88.